The summed E-state index contributed by atoms with van der Waals surface area (Å²) in [6.07, 6.45) is -3.87. The van der Waals surface area contributed by atoms with Crippen molar-refractivity contribution in [3.05, 3.63) is 29.0 Å². The van der Waals surface area contributed by atoms with Crippen molar-refractivity contribution in [3.8, 4) is 0 Å². The molecule has 3 heterocycles. The van der Waals surface area contributed by atoms with Gasteiger partial charge in [0.1, 0.15) is 11.8 Å². The van der Waals surface area contributed by atoms with Gasteiger partial charge in [0, 0.05) is 24.7 Å². The van der Waals surface area contributed by atoms with Crippen molar-refractivity contribution in [1.82, 2.24) is 19.9 Å². The molecule has 4 rings (SSSR count). The molecule has 0 aromatic carbocycles. The summed E-state index contributed by atoms with van der Waals surface area (Å²) >= 11 is 0. The zero-order valence-electron chi connectivity index (χ0n) is 15.0. The number of alkyl halides is 3. The fourth-order valence-electron chi connectivity index (χ4n) is 4.10. The molecule has 9 heteroatoms. The standard InChI is InChI=1S/C18H22F4N4O/c1-10-8-13(14-9-23-6-7-27-14)26-17(24-10)15(19)16(25-26)11-2-4-12(5-3-11)18(20,21)22/h8,11-12,14,23H,2-7,9H2,1H3/t11-,12-,14-/m0/s1. The number of aromatic nitrogens is 3. The van der Waals surface area contributed by atoms with E-state index in [1.807, 2.05) is 6.07 Å². The molecule has 27 heavy (non-hydrogen) atoms. The highest BCUT2D eigenvalue weighted by molar-refractivity contribution is 5.45. The van der Waals surface area contributed by atoms with Crippen LogP contribution >= 0.6 is 0 Å². The van der Waals surface area contributed by atoms with Crippen LogP contribution in [-0.2, 0) is 4.74 Å². The predicted octanol–water partition coefficient (Wildman–Crippen LogP) is 3.67. The maximum Gasteiger partial charge on any atom is 0.391 e. The first-order valence-electron chi connectivity index (χ1n) is 9.29. The largest absolute Gasteiger partial charge is 0.391 e. The predicted molar refractivity (Wildman–Crippen MR) is 90.0 cm³/mol. The van der Waals surface area contributed by atoms with E-state index >= 15 is 4.39 Å². The molecule has 0 spiro atoms. The smallest absolute Gasteiger partial charge is 0.369 e. The summed E-state index contributed by atoms with van der Waals surface area (Å²) in [4.78, 5) is 4.27. The lowest BCUT2D eigenvalue weighted by Crippen LogP contribution is -2.34. The molecule has 148 valence electrons. The van der Waals surface area contributed by atoms with Crippen molar-refractivity contribution in [1.29, 1.82) is 0 Å². The van der Waals surface area contributed by atoms with Gasteiger partial charge in [-0.3, -0.25) is 0 Å². The number of aryl methyl sites for hydroxylation is 1. The first-order valence-corrected chi connectivity index (χ1v) is 9.29. The highest BCUT2D eigenvalue weighted by Crippen LogP contribution is 2.43. The van der Waals surface area contributed by atoms with Crippen LogP contribution in [0.4, 0.5) is 17.6 Å². The number of hydrogen-bond donors (Lipinski definition) is 1. The van der Waals surface area contributed by atoms with Crippen LogP contribution < -0.4 is 5.32 Å². The minimum absolute atomic E-state index is 0.0104. The Morgan fingerprint density at radius 2 is 1.96 bits per heavy atom. The molecule has 1 aliphatic heterocycles. The fraction of sp³-hybridized carbons (Fsp3) is 0.667. The number of rotatable bonds is 2. The van der Waals surface area contributed by atoms with E-state index in [-0.39, 0.29) is 49.0 Å². The van der Waals surface area contributed by atoms with E-state index in [1.165, 1.54) is 4.52 Å². The molecular formula is C18H22F4N4O. The lowest BCUT2D eigenvalue weighted by Gasteiger charge is -2.28. The number of morpholine rings is 1. The van der Waals surface area contributed by atoms with E-state index in [0.29, 0.717) is 24.5 Å². The van der Waals surface area contributed by atoms with Gasteiger partial charge in [-0.2, -0.15) is 18.3 Å². The van der Waals surface area contributed by atoms with Crippen LogP contribution in [0, 0.1) is 18.7 Å². The Balaban J connectivity index is 1.66. The number of halogens is 4. The molecule has 1 aliphatic carbocycles. The Hall–Kier alpha value is -1.74. The van der Waals surface area contributed by atoms with Crippen LogP contribution in [0.1, 0.15) is 54.8 Å². The Labute approximate surface area is 154 Å². The average Bonchev–Trinajstić information content (AvgIpc) is 2.98. The van der Waals surface area contributed by atoms with E-state index in [1.54, 1.807) is 6.92 Å². The third-order valence-corrected chi connectivity index (χ3v) is 5.55. The van der Waals surface area contributed by atoms with E-state index in [9.17, 15) is 13.2 Å². The van der Waals surface area contributed by atoms with Crippen molar-refractivity contribution < 1.29 is 22.3 Å². The van der Waals surface area contributed by atoms with Crippen molar-refractivity contribution in [3.63, 3.8) is 0 Å². The topological polar surface area (TPSA) is 51.5 Å². The van der Waals surface area contributed by atoms with Gasteiger partial charge in [0.2, 0.25) is 0 Å². The first-order chi connectivity index (χ1) is 12.8. The van der Waals surface area contributed by atoms with Crippen molar-refractivity contribution in [2.45, 2.75) is 50.8 Å². The molecular weight excluding hydrogens is 364 g/mol. The maximum absolute atomic E-state index is 15.0. The molecule has 0 radical (unpaired) electrons. The molecule has 0 unspecified atom stereocenters. The Morgan fingerprint density at radius 3 is 2.59 bits per heavy atom. The number of ether oxygens (including phenoxy) is 1. The summed E-state index contributed by atoms with van der Waals surface area (Å²) in [5.74, 6) is -2.14. The molecule has 2 aliphatic rings. The third-order valence-electron chi connectivity index (χ3n) is 5.55. The van der Waals surface area contributed by atoms with Crippen LogP contribution in [0.5, 0.6) is 0 Å². The van der Waals surface area contributed by atoms with Gasteiger partial charge in [-0.15, -0.1) is 0 Å². The van der Waals surface area contributed by atoms with Gasteiger partial charge in [-0.1, -0.05) is 0 Å². The van der Waals surface area contributed by atoms with Gasteiger partial charge >= 0.3 is 6.18 Å². The number of hydrogen-bond acceptors (Lipinski definition) is 4. The second-order valence-electron chi connectivity index (χ2n) is 7.41. The molecule has 1 saturated heterocycles. The zero-order chi connectivity index (χ0) is 19.2. The van der Waals surface area contributed by atoms with Crippen molar-refractivity contribution >= 4 is 5.65 Å². The molecule has 2 aromatic heterocycles. The van der Waals surface area contributed by atoms with Gasteiger partial charge in [-0.25, -0.2) is 13.9 Å². The summed E-state index contributed by atoms with van der Waals surface area (Å²) in [7, 11) is 0. The molecule has 5 nitrogen and oxygen atoms in total. The Bertz CT molecular complexity index is 821. The minimum atomic E-state index is -4.18. The molecule has 2 fully saturated rings. The van der Waals surface area contributed by atoms with E-state index in [2.05, 4.69) is 15.4 Å². The number of nitrogens with zero attached hydrogens (tertiary/aromatic N) is 3. The van der Waals surface area contributed by atoms with E-state index in [0.717, 1.165) is 6.54 Å². The van der Waals surface area contributed by atoms with Gasteiger partial charge in [0.05, 0.1) is 18.2 Å². The SMILES string of the molecule is Cc1cc([C@@H]2CNCCO2)n2nc([C@H]3CC[C@H](C(F)(F)F)CC3)c(F)c2n1. The second-order valence-corrected chi connectivity index (χ2v) is 7.41. The van der Waals surface area contributed by atoms with Crippen LogP contribution in [0.2, 0.25) is 0 Å². The normalized spacial score (nSPS) is 27.2. The summed E-state index contributed by atoms with van der Waals surface area (Å²) in [5, 5.41) is 7.66. The third kappa shape index (κ3) is 3.54. The first kappa shape index (κ1) is 18.6. The van der Waals surface area contributed by atoms with Crippen molar-refractivity contribution in [2.24, 2.45) is 5.92 Å². The van der Waals surface area contributed by atoms with Crippen LogP contribution in [-0.4, -0.2) is 40.5 Å². The summed E-state index contributed by atoms with van der Waals surface area (Å²) < 4.78 is 61.0. The number of nitrogens with one attached hydrogen (secondary N) is 1. The summed E-state index contributed by atoms with van der Waals surface area (Å²) in [6.45, 7) is 3.67. The molecule has 0 amide bonds. The average molecular weight is 386 g/mol. The lowest BCUT2D eigenvalue weighted by atomic mass is 9.80. The van der Waals surface area contributed by atoms with E-state index < -0.39 is 17.9 Å². The Kier molecular flexibility index (Phi) is 4.84. The molecule has 2 aromatic rings. The molecule has 0 bridgehead atoms. The minimum Gasteiger partial charge on any atom is -0.369 e. The highest BCUT2D eigenvalue weighted by atomic mass is 19.4. The highest BCUT2D eigenvalue weighted by Gasteiger charge is 2.42. The maximum atomic E-state index is 15.0. The quantitative estimate of drug-likeness (QED) is 0.801. The monoisotopic (exact) mass is 386 g/mol. The summed E-state index contributed by atoms with van der Waals surface area (Å²) in [5.41, 5.74) is 1.70. The van der Waals surface area contributed by atoms with Gasteiger partial charge < -0.3 is 10.1 Å². The zero-order valence-corrected chi connectivity index (χ0v) is 15.0. The number of fused-ring (bicyclic) bond motifs is 1. The summed E-state index contributed by atoms with van der Waals surface area (Å²) in [6, 6.07) is 1.82. The Morgan fingerprint density at radius 1 is 1.22 bits per heavy atom. The second kappa shape index (κ2) is 7.01. The van der Waals surface area contributed by atoms with Crippen molar-refractivity contribution in [2.75, 3.05) is 19.7 Å². The van der Waals surface area contributed by atoms with Gasteiger partial charge in [0.15, 0.2) is 11.5 Å². The van der Waals surface area contributed by atoms with Crippen LogP contribution in [0.3, 0.4) is 0 Å². The molecule has 1 atom stereocenters. The lowest BCUT2D eigenvalue weighted by molar-refractivity contribution is -0.182. The van der Waals surface area contributed by atoms with Crippen LogP contribution in [0.25, 0.3) is 5.65 Å². The molecule has 1 N–H and O–H groups in total. The van der Waals surface area contributed by atoms with Gasteiger partial charge in [0.25, 0.3) is 0 Å². The van der Waals surface area contributed by atoms with Gasteiger partial charge in [-0.05, 0) is 38.7 Å². The van der Waals surface area contributed by atoms with Crippen LogP contribution in [0.15, 0.2) is 6.07 Å². The fourth-order valence-corrected chi connectivity index (χ4v) is 4.10. The van der Waals surface area contributed by atoms with E-state index in [4.69, 9.17) is 4.74 Å². The molecule has 1 saturated carbocycles.